The average molecular weight is 260 g/mol. The predicted octanol–water partition coefficient (Wildman–Crippen LogP) is 1.63. The van der Waals surface area contributed by atoms with Gasteiger partial charge in [0.25, 0.3) is 0 Å². The molecule has 1 aromatic rings. The highest BCUT2D eigenvalue weighted by Crippen LogP contribution is 2.27. The fraction of sp³-hybridized carbons (Fsp3) is 0.222. The highest BCUT2D eigenvalue weighted by molar-refractivity contribution is 9.10. The van der Waals surface area contributed by atoms with Crippen LogP contribution >= 0.6 is 15.9 Å². The molecule has 4 N–H and O–H groups in total. The third-order valence-electron chi connectivity index (χ3n) is 1.77. The van der Waals surface area contributed by atoms with Crippen LogP contribution in [0.25, 0.3) is 0 Å². The molecular weight excluding hydrogens is 250 g/mol. The van der Waals surface area contributed by atoms with Crippen LogP contribution in [-0.2, 0) is 4.79 Å². The monoisotopic (exact) mass is 259 g/mol. The van der Waals surface area contributed by atoms with E-state index in [0.29, 0.717) is 10.0 Å². The van der Waals surface area contributed by atoms with E-state index in [4.69, 9.17) is 10.8 Å². The van der Waals surface area contributed by atoms with E-state index >= 15 is 0 Å². The molecule has 4 nitrogen and oxygen atoms in total. The van der Waals surface area contributed by atoms with Crippen molar-refractivity contribution in [1.29, 1.82) is 0 Å². The van der Waals surface area contributed by atoms with Crippen molar-refractivity contribution in [2.45, 2.75) is 12.5 Å². The number of benzene rings is 1. The van der Waals surface area contributed by atoms with Crippen molar-refractivity contribution in [3.63, 3.8) is 0 Å². The van der Waals surface area contributed by atoms with Gasteiger partial charge in [0.2, 0.25) is 0 Å². The maximum absolute atomic E-state index is 10.4. The van der Waals surface area contributed by atoms with Gasteiger partial charge in [-0.15, -0.1) is 0 Å². The molecule has 0 fully saturated rings. The van der Waals surface area contributed by atoms with Crippen LogP contribution in [0.5, 0.6) is 5.75 Å². The Morgan fingerprint density at radius 3 is 2.79 bits per heavy atom. The molecule has 0 aliphatic heterocycles. The van der Waals surface area contributed by atoms with Crippen molar-refractivity contribution in [1.82, 2.24) is 0 Å². The van der Waals surface area contributed by atoms with Crippen LogP contribution in [0.3, 0.4) is 0 Å². The van der Waals surface area contributed by atoms with Crippen molar-refractivity contribution < 1.29 is 15.0 Å². The van der Waals surface area contributed by atoms with Gasteiger partial charge in [0.15, 0.2) is 0 Å². The zero-order chi connectivity index (χ0) is 10.7. The summed E-state index contributed by atoms with van der Waals surface area (Å²) in [5.41, 5.74) is 6.23. The summed E-state index contributed by atoms with van der Waals surface area (Å²) in [6.07, 6.45) is -0.165. The number of phenols is 1. The number of carboxylic acid groups (broad SMARTS) is 1. The lowest BCUT2D eigenvalue weighted by Gasteiger charge is -2.11. The summed E-state index contributed by atoms with van der Waals surface area (Å²) in [4.78, 5) is 10.4. The van der Waals surface area contributed by atoms with Crippen molar-refractivity contribution in [3.05, 3.63) is 28.2 Å². The SMILES string of the molecule is N[C@@H](CC(=O)O)c1cc(O)ccc1Br. The van der Waals surface area contributed by atoms with E-state index < -0.39 is 12.0 Å². The topological polar surface area (TPSA) is 83.6 Å². The molecule has 14 heavy (non-hydrogen) atoms. The minimum atomic E-state index is -0.965. The lowest BCUT2D eigenvalue weighted by atomic mass is 10.0. The number of halogens is 1. The van der Waals surface area contributed by atoms with Gasteiger partial charge >= 0.3 is 5.97 Å². The van der Waals surface area contributed by atoms with Gasteiger partial charge < -0.3 is 15.9 Å². The molecule has 5 heteroatoms. The zero-order valence-electron chi connectivity index (χ0n) is 7.27. The minimum absolute atomic E-state index is 0.0732. The van der Waals surface area contributed by atoms with Crippen molar-refractivity contribution in [2.75, 3.05) is 0 Å². The van der Waals surface area contributed by atoms with Crippen molar-refractivity contribution in [2.24, 2.45) is 5.73 Å². The van der Waals surface area contributed by atoms with Crippen LogP contribution in [0.4, 0.5) is 0 Å². The van der Waals surface area contributed by atoms with Gasteiger partial charge in [0.05, 0.1) is 6.42 Å². The molecule has 0 amide bonds. The van der Waals surface area contributed by atoms with Gasteiger partial charge in [-0.3, -0.25) is 4.79 Å². The van der Waals surface area contributed by atoms with Gasteiger partial charge in [0.1, 0.15) is 5.75 Å². The smallest absolute Gasteiger partial charge is 0.305 e. The third kappa shape index (κ3) is 2.71. The Labute approximate surface area is 89.5 Å². The van der Waals surface area contributed by atoms with Crippen LogP contribution in [-0.4, -0.2) is 16.2 Å². The highest BCUT2D eigenvalue weighted by Gasteiger charge is 2.13. The first-order valence-electron chi connectivity index (χ1n) is 3.96. The molecule has 0 aliphatic carbocycles. The maximum Gasteiger partial charge on any atom is 0.305 e. The number of nitrogens with two attached hydrogens (primary N) is 1. The number of carboxylic acids is 1. The second-order valence-electron chi connectivity index (χ2n) is 2.91. The average Bonchev–Trinajstić information content (AvgIpc) is 2.08. The van der Waals surface area contributed by atoms with E-state index in [-0.39, 0.29) is 12.2 Å². The summed E-state index contributed by atoms with van der Waals surface area (Å²) < 4.78 is 0.698. The zero-order valence-corrected chi connectivity index (χ0v) is 8.86. The first kappa shape index (κ1) is 11.0. The van der Waals surface area contributed by atoms with Crippen LogP contribution in [0, 0.1) is 0 Å². The number of carbonyl (C=O) groups is 1. The number of aromatic hydroxyl groups is 1. The van der Waals surface area contributed by atoms with Crippen LogP contribution < -0.4 is 5.73 Å². The third-order valence-corrected chi connectivity index (χ3v) is 2.50. The number of hydrogen-bond donors (Lipinski definition) is 3. The van der Waals surface area contributed by atoms with Gasteiger partial charge in [-0.1, -0.05) is 15.9 Å². The van der Waals surface area contributed by atoms with E-state index in [9.17, 15) is 9.90 Å². The standard InChI is InChI=1S/C9H10BrNO3/c10-7-2-1-5(12)3-6(7)8(11)4-9(13)14/h1-3,8,12H,4,11H2,(H,13,14)/t8-/m0/s1. The van der Waals surface area contributed by atoms with Gasteiger partial charge in [-0.25, -0.2) is 0 Å². The van der Waals surface area contributed by atoms with E-state index in [2.05, 4.69) is 15.9 Å². The lowest BCUT2D eigenvalue weighted by Crippen LogP contribution is -2.15. The van der Waals surface area contributed by atoms with E-state index in [1.165, 1.54) is 12.1 Å². The molecule has 0 bridgehead atoms. The van der Waals surface area contributed by atoms with Crippen LogP contribution in [0.2, 0.25) is 0 Å². The Balaban J connectivity index is 2.93. The maximum atomic E-state index is 10.4. The number of hydrogen-bond acceptors (Lipinski definition) is 3. The lowest BCUT2D eigenvalue weighted by molar-refractivity contribution is -0.137. The van der Waals surface area contributed by atoms with E-state index in [1.54, 1.807) is 6.07 Å². The van der Waals surface area contributed by atoms with Crippen LogP contribution in [0.15, 0.2) is 22.7 Å². The number of rotatable bonds is 3. The van der Waals surface area contributed by atoms with Gasteiger partial charge in [0, 0.05) is 10.5 Å². The van der Waals surface area contributed by atoms with E-state index in [1.807, 2.05) is 0 Å². The van der Waals surface area contributed by atoms with Crippen molar-refractivity contribution in [3.8, 4) is 5.75 Å². The summed E-state index contributed by atoms with van der Waals surface area (Å²) in [5, 5.41) is 17.7. The Bertz CT molecular complexity index is 354. The Morgan fingerprint density at radius 1 is 1.57 bits per heavy atom. The summed E-state index contributed by atoms with van der Waals surface area (Å²) in [6, 6.07) is 3.97. The minimum Gasteiger partial charge on any atom is -0.508 e. The molecule has 0 radical (unpaired) electrons. The second kappa shape index (κ2) is 4.43. The van der Waals surface area contributed by atoms with Crippen molar-refractivity contribution >= 4 is 21.9 Å². The van der Waals surface area contributed by atoms with Gasteiger partial charge in [-0.05, 0) is 23.8 Å². The molecule has 0 saturated carbocycles. The second-order valence-corrected chi connectivity index (χ2v) is 3.76. The molecule has 1 atom stereocenters. The quantitative estimate of drug-likeness (QED) is 0.771. The van der Waals surface area contributed by atoms with Crippen LogP contribution in [0.1, 0.15) is 18.0 Å². The first-order valence-corrected chi connectivity index (χ1v) is 4.76. The molecule has 1 aromatic carbocycles. The summed E-state index contributed by atoms with van der Waals surface area (Å²) in [5.74, 6) is -0.892. The normalized spacial score (nSPS) is 12.4. The highest BCUT2D eigenvalue weighted by atomic mass is 79.9. The predicted molar refractivity (Wildman–Crippen MR) is 55.0 cm³/mol. The molecule has 0 aromatic heterocycles. The number of phenolic OH excluding ortho intramolecular Hbond substituents is 1. The summed E-state index contributed by atoms with van der Waals surface area (Å²) in [6.45, 7) is 0. The Morgan fingerprint density at radius 2 is 2.21 bits per heavy atom. The largest absolute Gasteiger partial charge is 0.508 e. The summed E-state index contributed by atoms with van der Waals surface area (Å²) in [7, 11) is 0. The van der Waals surface area contributed by atoms with Gasteiger partial charge in [-0.2, -0.15) is 0 Å². The molecular formula is C9H10BrNO3. The molecule has 76 valence electrons. The molecule has 0 spiro atoms. The number of aliphatic carboxylic acids is 1. The molecule has 0 saturated heterocycles. The fourth-order valence-corrected chi connectivity index (χ4v) is 1.65. The Kier molecular flexibility index (Phi) is 3.49. The molecule has 0 aliphatic rings. The first-order chi connectivity index (χ1) is 6.50. The molecule has 0 heterocycles. The molecule has 0 unspecified atom stereocenters. The molecule has 1 rings (SSSR count). The fourth-order valence-electron chi connectivity index (χ4n) is 1.11. The van der Waals surface area contributed by atoms with E-state index in [0.717, 1.165) is 0 Å². The summed E-state index contributed by atoms with van der Waals surface area (Å²) >= 11 is 3.24. The Hall–Kier alpha value is -1.07.